The molecule has 0 aliphatic carbocycles. The zero-order valence-electron chi connectivity index (χ0n) is 22.8. The summed E-state index contributed by atoms with van der Waals surface area (Å²) in [5.74, 6) is 0. The molecule has 0 saturated carbocycles. The molecule has 0 amide bonds. The van der Waals surface area contributed by atoms with Gasteiger partial charge in [-0.25, -0.2) is 0 Å². The molecule has 4 heteroatoms. The summed E-state index contributed by atoms with van der Waals surface area (Å²) in [4.78, 5) is 0. The second-order valence-electron chi connectivity index (χ2n) is 9.81. The molecule has 0 aromatic heterocycles. The Bertz CT molecular complexity index is 1490. The van der Waals surface area contributed by atoms with Crippen molar-refractivity contribution in [3.63, 3.8) is 0 Å². The van der Waals surface area contributed by atoms with E-state index in [2.05, 4.69) is 124 Å². The van der Waals surface area contributed by atoms with Gasteiger partial charge in [-0.1, -0.05) is 109 Å². The number of rotatable bonds is 4. The van der Waals surface area contributed by atoms with Crippen molar-refractivity contribution in [2.24, 2.45) is 0 Å². The van der Waals surface area contributed by atoms with Crippen molar-refractivity contribution in [2.45, 2.75) is 52.6 Å². The van der Waals surface area contributed by atoms with Gasteiger partial charge in [0.2, 0.25) is 0 Å². The summed E-state index contributed by atoms with van der Waals surface area (Å²) >= 11 is 1.45. The molecule has 196 valence electrons. The Morgan fingerprint density at radius 2 is 0.921 bits per heavy atom. The molecule has 6 rings (SSSR count). The Labute approximate surface area is 255 Å². The molecule has 0 aliphatic heterocycles. The van der Waals surface area contributed by atoms with Gasteiger partial charge in [-0.2, -0.15) is 12.1 Å². The van der Waals surface area contributed by atoms with Gasteiger partial charge >= 0.3 is 41.6 Å². The van der Waals surface area contributed by atoms with Gasteiger partial charge in [0.05, 0.1) is 0 Å². The Hall–Kier alpha value is -1.71. The van der Waals surface area contributed by atoms with Crippen LogP contribution in [0.5, 0.6) is 0 Å². The summed E-state index contributed by atoms with van der Waals surface area (Å²) in [5.41, 5.74) is 3.19. The number of benzene rings is 4. The molecular weight excluding hydrogens is 686 g/mol. The second kappa shape index (κ2) is 15.8. The zero-order chi connectivity index (χ0) is 25.5. The van der Waals surface area contributed by atoms with Gasteiger partial charge < -0.3 is 24.8 Å². The fraction of sp³-hybridized carbons (Fsp3) is 0.235. The van der Waals surface area contributed by atoms with Gasteiger partial charge in [-0.05, 0) is 12.8 Å². The topological polar surface area (TPSA) is 0 Å². The first kappa shape index (κ1) is 32.5. The first-order chi connectivity index (χ1) is 17.5. The Balaban J connectivity index is 0.000000224. The third-order valence-corrected chi connectivity index (χ3v) is 6.43. The summed E-state index contributed by atoms with van der Waals surface area (Å²) in [7, 11) is 0. The smallest absolute Gasteiger partial charge is 1.00 e. The molecule has 0 saturated heterocycles. The van der Waals surface area contributed by atoms with Gasteiger partial charge in [-0.3, -0.25) is 0 Å². The van der Waals surface area contributed by atoms with Crippen molar-refractivity contribution in [3.8, 4) is 0 Å². The maximum absolute atomic E-state index is 2.35. The molecule has 6 aromatic rings. The van der Waals surface area contributed by atoms with Crippen molar-refractivity contribution >= 4 is 48.6 Å². The van der Waals surface area contributed by atoms with Crippen molar-refractivity contribution < 1.29 is 47.8 Å². The molecule has 0 N–H and O–H groups in total. The predicted molar refractivity (Wildman–Crippen MR) is 160 cm³/mol. The molecule has 0 radical (unpaired) electrons. The van der Waals surface area contributed by atoms with Crippen LogP contribution in [-0.4, -0.2) is 5.49 Å². The number of hydrogen-bond donors (Lipinski definition) is 0. The average Bonchev–Trinajstić information content (AvgIpc) is 3.48. The van der Waals surface area contributed by atoms with Gasteiger partial charge in [0, 0.05) is 0 Å². The quantitative estimate of drug-likeness (QED) is 0.190. The summed E-state index contributed by atoms with van der Waals surface area (Å²) in [5, 5.41) is 11.0. The SMILES string of the molecule is CCCc1cc2ccc3ccccc3c2[cH-]1.CCCc1cc2ccc3ccccc3c2[cH-]1.C[Si](C)=[Hf+2].[Cl-].[Cl-]. The summed E-state index contributed by atoms with van der Waals surface area (Å²) in [6, 6.07) is 35.5. The first-order valence-electron chi connectivity index (χ1n) is 13.2. The molecule has 0 unspecified atom stereocenters. The van der Waals surface area contributed by atoms with E-state index >= 15 is 0 Å². The minimum absolute atomic E-state index is 0. The van der Waals surface area contributed by atoms with E-state index in [-0.39, 0.29) is 30.3 Å². The van der Waals surface area contributed by atoms with Crippen LogP contribution < -0.4 is 24.8 Å². The van der Waals surface area contributed by atoms with Gasteiger partial charge in [-0.15, -0.1) is 56.9 Å². The molecular formula is C34H36Cl2HfSi-2. The van der Waals surface area contributed by atoms with E-state index in [9.17, 15) is 0 Å². The normalized spacial score (nSPS) is 10.3. The molecule has 0 nitrogen and oxygen atoms in total. The molecule has 0 fully saturated rings. The van der Waals surface area contributed by atoms with Crippen molar-refractivity contribution in [3.05, 3.63) is 108 Å². The monoisotopic (exact) mass is 722 g/mol. The third-order valence-electron chi connectivity index (χ3n) is 6.43. The van der Waals surface area contributed by atoms with E-state index in [0.29, 0.717) is 0 Å². The number of halogens is 2. The molecule has 0 bridgehead atoms. The van der Waals surface area contributed by atoms with E-state index in [1.807, 2.05) is 0 Å². The van der Waals surface area contributed by atoms with Crippen molar-refractivity contribution in [1.82, 2.24) is 0 Å². The maximum atomic E-state index is 2.35. The Morgan fingerprint density at radius 1 is 0.579 bits per heavy atom. The van der Waals surface area contributed by atoms with Crippen LogP contribution in [-0.2, 0) is 35.8 Å². The van der Waals surface area contributed by atoms with Crippen LogP contribution in [0.2, 0.25) is 13.1 Å². The van der Waals surface area contributed by atoms with Crippen LogP contribution in [0.25, 0.3) is 43.1 Å². The average molecular weight is 722 g/mol. The van der Waals surface area contributed by atoms with Crippen LogP contribution in [0.15, 0.2) is 97.1 Å². The third kappa shape index (κ3) is 8.15. The Kier molecular flexibility index (Phi) is 13.5. The minimum atomic E-state index is 0. The summed E-state index contributed by atoms with van der Waals surface area (Å²) in [6.07, 6.45) is 4.80. The van der Waals surface area contributed by atoms with Crippen LogP contribution in [0.4, 0.5) is 0 Å². The minimum Gasteiger partial charge on any atom is -1.00 e. The molecule has 0 heterocycles. The summed E-state index contributed by atoms with van der Waals surface area (Å²) in [6.45, 7) is 9.12. The van der Waals surface area contributed by atoms with E-state index in [1.54, 1.807) is 0 Å². The van der Waals surface area contributed by atoms with E-state index in [1.165, 1.54) is 103 Å². The second-order valence-corrected chi connectivity index (χ2v) is 22.6. The largest absolute Gasteiger partial charge is 1.00 e. The molecule has 0 aliphatic rings. The van der Waals surface area contributed by atoms with Gasteiger partial charge in [0.25, 0.3) is 0 Å². The van der Waals surface area contributed by atoms with E-state index in [4.69, 9.17) is 0 Å². The van der Waals surface area contributed by atoms with Crippen LogP contribution in [0.3, 0.4) is 0 Å². The van der Waals surface area contributed by atoms with E-state index < -0.39 is 0 Å². The molecule has 0 atom stereocenters. The number of aryl methyl sites for hydroxylation is 2. The van der Waals surface area contributed by atoms with Crippen molar-refractivity contribution in [1.29, 1.82) is 0 Å². The first-order valence-corrected chi connectivity index (χ1v) is 21.0. The van der Waals surface area contributed by atoms with Gasteiger partial charge in [0.1, 0.15) is 0 Å². The van der Waals surface area contributed by atoms with E-state index in [0.717, 1.165) is 0 Å². The fourth-order valence-electron chi connectivity index (χ4n) is 4.92. The Morgan fingerprint density at radius 3 is 1.29 bits per heavy atom. The zero-order valence-corrected chi connectivity index (χ0v) is 28.9. The number of fused-ring (bicyclic) bond motifs is 6. The molecule has 0 spiro atoms. The number of hydrogen-bond acceptors (Lipinski definition) is 0. The predicted octanol–water partition coefficient (Wildman–Crippen LogP) is 4.12. The van der Waals surface area contributed by atoms with Crippen LogP contribution >= 0.6 is 0 Å². The molecule has 6 aromatic carbocycles. The van der Waals surface area contributed by atoms with Crippen LogP contribution in [0.1, 0.15) is 37.8 Å². The van der Waals surface area contributed by atoms with Crippen LogP contribution in [0, 0.1) is 0 Å². The molecule has 38 heavy (non-hydrogen) atoms. The van der Waals surface area contributed by atoms with Gasteiger partial charge in [0.15, 0.2) is 0 Å². The maximum Gasteiger partial charge on any atom is -1.00 e. The standard InChI is InChI=1S/2C16H15.C2H6Si.2ClH.Hf/c2*1-2-5-12-10-14-9-8-13-6-3-4-7-15(13)16(14)11-12;1-3-2;;;/h2*3-4,6-11H,2,5H2,1H3;1-2H3;2*1H;/q2*-1;;;;+2/p-2. The van der Waals surface area contributed by atoms with Crippen molar-refractivity contribution in [2.75, 3.05) is 0 Å². The summed E-state index contributed by atoms with van der Waals surface area (Å²) < 4.78 is 0. The fourth-order valence-corrected chi connectivity index (χ4v) is 4.92.